The summed E-state index contributed by atoms with van der Waals surface area (Å²) in [6.07, 6.45) is 7.76. The molecule has 2 aromatic rings. The third-order valence-corrected chi connectivity index (χ3v) is 10.3. The Morgan fingerprint density at radius 3 is 2.15 bits per heavy atom. The van der Waals surface area contributed by atoms with Gasteiger partial charge in [-0.2, -0.15) is 16.8 Å². The molecular formula is C23H26I2O6S2. The van der Waals surface area contributed by atoms with Gasteiger partial charge >= 0.3 is 10.1 Å². The number of hydrogen-bond donors (Lipinski definition) is 1. The Balaban J connectivity index is 1.84. The largest absolute Gasteiger partial charge is 0.378 e. The number of rotatable bonds is 5. The normalized spacial score (nSPS) is 17.6. The average molecular weight is 716 g/mol. The third kappa shape index (κ3) is 5.39. The van der Waals surface area contributed by atoms with E-state index in [0.29, 0.717) is 29.5 Å². The monoisotopic (exact) mass is 716 g/mol. The minimum absolute atomic E-state index is 0.147. The van der Waals surface area contributed by atoms with Gasteiger partial charge in [0.1, 0.15) is 10.6 Å². The van der Waals surface area contributed by atoms with Crippen LogP contribution in [0.3, 0.4) is 0 Å². The number of halogens is 2. The van der Waals surface area contributed by atoms with Gasteiger partial charge in [-0.25, -0.2) is 0 Å². The highest BCUT2D eigenvalue weighted by Gasteiger charge is 2.32. The predicted octanol–water partition coefficient (Wildman–Crippen LogP) is 6.15. The van der Waals surface area contributed by atoms with Crippen LogP contribution >= 0.6 is 45.2 Å². The quantitative estimate of drug-likeness (QED) is 0.227. The summed E-state index contributed by atoms with van der Waals surface area (Å²) in [5.74, 6) is 0.369. The van der Waals surface area contributed by atoms with Gasteiger partial charge in [-0.3, -0.25) is 4.55 Å². The van der Waals surface area contributed by atoms with E-state index >= 15 is 0 Å². The van der Waals surface area contributed by atoms with E-state index in [0.717, 1.165) is 51.2 Å². The van der Waals surface area contributed by atoms with Gasteiger partial charge in [0, 0.05) is 12.7 Å². The zero-order chi connectivity index (χ0) is 24.0. The van der Waals surface area contributed by atoms with E-state index in [2.05, 4.69) is 45.2 Å². The molecule has 2 aromatic carbocycles. The van der Waals surface area contributed by atoms with E-state index in [-0.39, 0.29) is 21.5 Å². The fourth-order valence-corrected chi connectivity index (χ4v) is 9.97. The fourth-order valence-electron chi connectivity index (χ4n) is 5.07. The van der Waals surface area contributed by atoms with E-state index in [9.17, 15) is 21.4 Å². The van der Waals surface area contributed by atoms with Crippen molar-refractivity contribution in [2.75, 3.05) is 0 Å². The maximum Gasteiger partial charge on any atom is 0.339 e. The second kappa shape index (κ2) is 9.90. The molecule has 0 unspecified atom stereocenters. The summed E-state index contributed by atoms with van der Waals surface area (Å²) in [4.78, 5) is 0.0552. The van der Waals surface area contributed by atoms with E-state index < -0.39 is 20.2 Å². The molecule has 0 saturated heterocycles. The SMILES string of the molecule is Cc1cc(S(=O)(=O)O)c2c(c1OS(=O)(=O)c1cc(I)cc(I)c1C1CCCCC1)CCCC2. The summed E-state index contributed by atoms with van der Waals surface area (Å²) in [7, 11) is -8.58. The van der Waals surface area contributed by atoms with Crippen LogP contribution in [-0.2, 0) is 33.1 Å². The van der Waals surface area contributed by atoms with Crippen LogP contribution in [0.1, 0.15) is 73.1 Å². The van der Waals surface area contributed by atoms with Gasteiger partial charge in [0.15, 0.2) is 0 Å². The molecule has 0 amide bonds. The van der Waals surface area contributed by atoms with Crippen LogP contribution in [-0.4, -0.2) is 21.4 Å². The molecule has 2 aliphatic carbocycles. The van der Waals surface area contributed by atoms with Gasteiger partial charge in [-0.05, 0) is 131 Å². The molecule has 0 aromatic heterocycles. The maximum atomic E-state index is 13.7. The molecule has 0 heterocycles. The van der Waals surface area contributed by atoms with Crippen molar-refractivity contribution < 1.29 is 25.6 Å². The molecule has 180 valence electrons. The first kappa shape index (κ1) is 25.6. The molecule has 0 radical (unpaired) electrons. The Morgan fingerprint density at radius 2 is 1.52 bits per heavy atom. The lowest BCUT2D eigenvalue weighted by Gasteiger charge is -2.27. The summed E-state index contributed by atoms with van der Waals surface area (Å²) in [5.41, 5.74) is 2.24. The van der Waals surface area contributed by atoms with Crippen LogP contribution in [0.4, 0.5) is 0 Å². The molecule has 0 aliphatic heterocycles. The van der Waals surface area contributed by atoms with Gasteiger partial charge in [-0.15, -0.1) is 0 Å². The van der Waals surface area contributed by atoms with E-state index in [1.807, 2.05) is 6.07 Å². The van der Waals surface area contributed by atoms with Crippen molar-refractivity contribution in [2.24, 2.45) is 0 Å². The molecule has 0 spiro atoms. The predicted molar refractivity (Wildman–Crippen MR) is 143 cm³/mol. The highest BCUT2D eigenvalue weighted by atomic mass is 127. The summed E-state index contributed by atoms with van der Waals surface area (Å²) >= 11 is 4.34. The van der Waals surface area contributed by atoms with Crippen molar-refractivity contribution in [1.82, 2.24) is 0 Å². The average Bonchev–Trinajstić information content (AvgIpc) is 2.75. The Bertz CT molecular complexity index is 1300. The zero-order valence-electron chi connectivity index (χ0n) is 18.2. The zero-order valence-corrected chi connectivity index (χ0v) is 24.2. The molecule has 0 atom stereocenters. The summed E-state index contributed by atoms with van der Waals surface area (Å²) < 4.78 is 68.6. The Labute approximate surface area is 223 Å². The highest BCUT2D eigenvalue weighted by Crippen LogP contribution is 2.42. The van der Waals surface area contributed by atoms with Gasteiger partial charge in [0.25, 0.3) is 10.1 Å². The number of hydrogen-bond acceptors (Lipinski definition) is 5. The van der Waals surface area contributed by atoms with Crippen molar-refractivity contribution in [3.05, 3.63) is 47.6 Å². The van der Waals surface area contributed by atoms with Gasteiger partial charge < -0.3 is 4.18 Å². The maximum absolute atomic E-state index is 13.7. The van der Waals surface area contributed by atoms with Crippen molar-refractivity contribution in [1.29, 1.82) is 0 Å². The third-order valence-electron chi connectivity index (χ3n) is 6.56. The molecule has 1 N–H and O–H groups in total. The lowest BCUT2D eigenvalue weighted by molar-refractivity contribution is 0.432. The van der Waals surface area contributed by atoms with E-state index in [4.69, 9.17) is 4.18 Å². The summed E-state index contributed by atoms with van der Waals surface area (Å²) in [5, 5.41) is 0. The second-order valence-electron chi connectivity index (χ2n) is 8.83. The molecule has 1 saturated carbocycles. The Hall–Kier alpha value is -0.440. The number of fused-ring (bicyclic) bond motifs is 1. The standard InChI is InChI=1S/C23H26I2O6S2/c1-14-11-20(32(26,27)28)17-9-5-6-10-18(17)23(14)31-33(29,30)21-13-16(24)12-19(25)22(21)15-7-3-2-4-8-15/h11-13,15H,2-10H2,1H3,(H,26,27,28). The first-order valence-corrected chi connectivity index (χ1v) is 16.1. The number of benzene rings is 2. The van der Waals surface area contributed by atoms with Crippen molar-refractivity contribution in [2.45, 2.75) is 80.4 Å². The lowest BCUT2D eigenvalue weighted by atomic mass is 9.84. The molecule has 4 rings (SSSR count). The fraction of sp³-hybridized carbons (Fsp3) is 0.478. The van der Waals surface area contributed by atoms with Crippen LogP contribution in [0.15, 0.2) is 28.0 Å². The highest BCUT2D eigenvalue weighted by molar-refractivity contribution is 14.1. The summed E-state index contributed by atoms with van der Waals surface area (Å²) in [6, 6.07) is 5.00. The summed E-state index contributed by atoms with van der Waals surface area (Å²) in [6.45, 7) is 1.62. The smallest absolute Gasteiger partial charge is 0.339 e. The van der Waals surface area contributed by atoms with Gasteiger partial charge in [0.2, 0.25) is 0 Å². The molecule has 33 heavy (non-hydrogen) atoms. The lowest BCUT2D eigenvalue weighted by Crippen LogP contribution is -2.20. The second-order valence-corrected chi connectivity index (χ2v) is 14.1. The Kier molecular flexibility index (Phi) is 7.70. The van der Waals surface area contributed by atoms with Crippen LogP contribution in [0.25, 0.3) is 0 Å². The molecule has 10 heteroatoms. The molecule has 1 fully saturated rings. The molecular weight excluding hydrogens is 690 g/mol. The topological polar surface area (TPSA) is 97.7 Å². The molecule has 6 nitrogen and oxygen atoms in total. The van der Waals surface area contributed by atoms with Crippen molar-refractivity contribution in [3.63, 3.8) is 0 Å². The minimum atomic E-state index is -4.42. The van der Waals surface area contributed by atoms with Crippen molar-refractivity contribution in [3.8, 4) is 5.75 Å². The first-order chi connectivity index (χ1) is 15.5. The van der Waals surface area contributed by atoms with E-state index in [1.54, 1.807) is 13.0 Å². The van der Waals surface area contributed by atoms with Crippen LogP contribution in [0, 0.1) is 14.1 Å². The van der Waals surface area contributed by atoms with Crippen LogP contribution in [0.2, 0.25) is 0 Å². The minimum Gasteiger partial charge on any atom is -0.378 e. The van der Waals surface area contributed by atoms with Gasteiger partial charge in [-0.1, -0.05) is 19.3 Å². The first-order valence-electron chi connectivity index (χ1n) is 11.1. The van der Waals surface area contributed by atoms with Gasteiger partial charge in [0.05, 0.1) is 4.90 Å². The van der Waals surface area contributed by atoms with Crippen LogP contribution in [0.5, 0.6) is 5.75 Å². The number of aryl methyl sites for hydroxylation is 1. The van der Waals surface area contributed by atoms with Crippen LogP contribution < -0.4 is 4.18 Å². The Morgan fingerprint density at radius 1 is 0.879 bits per heavy atom. The molecule has 0 bridgehead atoms. The molecule has 2 aliphatic rings. The van der Waals surface area contributed by atoms with E-state index in [1.165, 1.54) is 12.5 Å². The van der Waals surface area contributed by atoms with Crippen molar-refractivity contribution >= 4 is 65.4 Å².